The minimum absolute atomic E-state index is 0.163. The van der Waals surface area contributed by atoms with Crippen LogP contribution in [0.1, 0.15) is 57.4 Å². The fourth-order valence-corrected chi connectivity index (χ4v) is 2.63. The molecule has 1 amide bonds. The molecular weight excluding hydrogens is 226 g/mol. The van der Waals surface area contributed by atoms with Crippen LogP contribution < -0.4 is 5.32 Å². The Morgan fingerprint density at radius 1 is 1.33 bits per heavy atom. The molecule has 2 N–H and O–H groups in total. The van der Waals surface area contributed by atoms with E-state index in [9.17, 15) is 4.79 Å². The Morgan fingerprint density at radius 2 is 2.00 bits per heavy atom. The zero-order valence-corrected chi connectivity index (χ0v) is 11.2. The van der Waals surface area contributed by atoms with Crippen molar-refractivity contribution >= 4 is 11.7 Å². The van der Waals surface area contributed by atoms with E-state index in [0.717, 1.165) is 30.6 Å². The number of carbonyl (C=O) groups excluding carboxylic acids is 1. The lowest BCUT2D eigenvalue weighted by atomic mass is 9.90. The number of nitrogens with one attached hydrogen (secondary N) is 2. The smallest absolute Gasteiger partial charge is 0.228 e. The molecule has 4 heteroatoms. The zero-order valence-electron chi connectivity index (χ0n) is 11.2. The van der Waals surface area contributed by atoms with E-state index in [0.29, 0.717) is 0 Å². The SMILES string of the molecule is CCc1cn[nH]c1NC(=O)C1CCCCCCC1. The lowest BCUT2D eigenvalue weighted by molar-refractivity contribution is -0.120. The van der Waals surface area contributed by atoms with E-state index < -0.39 is 0 Å². The lowest BCUT2D eigenvalue weighted by Gasteiger charge is -2.18. The first-order valence-electron chi connectivity index (χ1n) is 7.14. The average molecular weight is 249 g/mol. The fourth-order valence-electron chi connectivity index (χ4n) is 2.63. The first-order chi connectivity index (χ1) is 8.81. The Morgan fingerprint density at radius 3 is 2.67 bits per heavy atom. The number of hydrogen-bond acceptors (Lipinski definition) is 2. The number of aromatic nitrogens is 2. The first-order valence-corrected chi connectivity index (χ1v) is 7.14. The minimum atomic E-state index is 0.163. The molecule has 2 rings (SSSR count). The molecule has 1 aliphatic rings. The average Bonchev–Trinajstić information content (AvgIpc) is 2.75. The molecule has 1 fully saturated rings. The minimum Gasteiger partial charge on any atom is -0.311 e. The van der Waals surface area contributed by atoms with E-state index in [2.05, 4.69) is 22.4 Å². The summed E-state index contributed by atoms with van der Waals surface area (Å²) in [5, 5.41) is 9.86. The van der Waals surface area contributed by atoms with Crippen molar-refractivity contribution in [3.8, 4) is 0 Å². The molecule has 1 aromatic rings. The largest absolute Gasteiger partial charge is 0.311 e. The monoisotopic (exact) mass is 249 g/mol. The summed E-state index contributed by atoms with van der Waals surface area (Å²) < 4.78 is 0. The number of aromatic amines is 1. The van der Waals surface area contributed by atoms with Crippen LogP contribution in [0.25, 0.3) is 0 Å². The number of anilines is 1. The Bertz CT molecular complexity index is 378. The molecule has 0 spiro atoms. The van der Waals surface area contributed by atoms with Crippen molar-refractivity contribution in [3.63, 3.8) is 0 Å². The standard InChI is InChI=1S/C14H23N3O/c1-2-11-10-15-17-13(11)16-14(18)12-8-6-4-3-5-7-9-12/h10,12H,2-9H2,1H3,(H2,15,16,17,18). The fraction of sp³-hybridized carbons (Fsp3) is 0.714. The van der Waals surface area contributed by atoms with Gasteiger partial charge in [0.2, 0.25) is 5.91 Å². The maximum atomic E-state index is 12.2. The molecular formula is C14H23N3O. The molecule has 0 aromatic carbocycles. The molecule has 100 valence electrons. The van der Waals surface area contributed by atoms with Gasteiger partial charge < -0.3 is 5.32 Å². The molecule has 18 heavy (non-hydrogen) atoms. The van der Waals surface area contributed by atoms with E-state index >= 15 is 0 Å². The van der Waals surface area contributed by atoms with Crippen LogP contribution in [0.2, 0.25) is 0 Å². The van der Waals surface area contributed by atoms with Crippen LogP contribution in [-0.2, 0) is 11.2 Å². The molecule has 1 heterocycles. The maximum Gasteiger partial charge on any atom is 0.228 e. The number of carbonyl (C=O) groups is 1. The second-order valence-electron chi connectivity index (χ2n) is 5.16. The summed E-state index contributed by atoms with van der Waals surface area (Å²) in [6.07, 6.45) is 11.0. The van der Waals surface area contributed by atoms with Crippen molar-refractivity contribution in [3.05, 3.63) is 11.8 Å². The van der Waals surface area contributed by atoms with Crippen LogP contribution in [0.15, 0.2) is 6.20 Å². The van der Waals surface area contributed by atoms with E-state index in [1.807, 2.05) is 0 Å². The highest BCUT2D eigenvalue weighted by Gasteiger charge is 2.20. The summed E-state index contributed by atoms with van der Waals surface area (Å²) in [4.78, 5) is 12.2. The molecule has 0 radical (unpaired) electrons. The van der Waals surface area contributed by atoms with Gasteiger partial charge in [0.25, 0.3) is 0 Å². The highest BCUT2D eigenvalue weighted by molar-refractivity contribution is 5.92. The summed E-state index contributed by atoms with van der Waals surface area (Å²) >= 11 is 0. The van der Waals surface area contributed by atoms with E-state index in [4.69, 9.17) is 0 Å². The summed E-state index contributed by atoms with van der Waals surface area (Å²) in [5.74, 6) is 1.12. The Balaban J connectivity index is 1.93. The van der Waals surface area contributed by atoms with Gasteiger partial charge in [-0.05, 0) is 19.3 Å². The number of aryl methyl sites for hydroxylation is 1. The Labute approximate surface area is 109 Å². The van der Waals surface area contributed by atoms with Crippen LogP contribution in [0.5, 0.6) is 0 Å². The Kier molecular flexibility index (Phi) is 4.79. The van der Waals surface area contributed by atoms with Gasteiger partial charge >= 0.3 is 0 Å². The van der Waals surface area contributed by atoms with Gasteiger partial charge in [0.15, 0.2) is 0 Å². The maximum absolute atomic E-state index is 12.2. The molecule has 0 unspecified atom stereocenters. The summed E-state index contributed by atoms with van der Waals surface area (Å²) in [7, 11) is 0. The van der Waals surface area contributed by atoms with E-state index in [1.165, 1.54) is 32.1 Å². The van der Waals surface area contributed by atoms with Gasteiger partial charge in [0.05, 0.1) is 6.20 Å². The van der Waals surface area contributed by atoms with E-state index in [-0.39, 0.29) is 11.8 Å². The van der Waals surface area contributed by atoms with Crippen molar-refractivity contribution in [1.82, 2.24) is 10.2 Å². The van der Waals surface area contributed by atoms with Gasteiger partial charge in [0, 0.05) is 11.5 Å². The molecule has 0 atom stereocenters. The summed E-state index contributed by atoms with van der Waals surface area (Å²) in [6, 6.07) is 0. The van der Waals surface area contributed by atoms with Crippen molar-refractivity contribution in [1.29, 1.82) is 0 Å². The third-order valence-corrected chi connectivity index (χ3v) is 3.82. The normalized spacial score (nSPS) is 18.1. The van der Waals surface area contributed by atoms with Crippen molar-refractivity contribution in [2.45, 2.75) is 58.3 Å². The third-order valence-electron chi connectivity index (χ3n) is 3.82. The zero-order chi connectivity index (χ0) is 12.8. The quantitative estimate of drug-likeness (QED) is 0.863. The van der Waals surface area contributed by atoms with Gasteiger partial charge in [-0.2, -0.15) is 5.10 Å². The third kappa shape index (κ3) is 3.34. The van der Waals surface area contributed by atoms with Crippen molar-refractivity contribution in [2.75, 3.05) is 5.32 Å². The number of amides is 1. The van der Waals surface area contributed by atoms with Crippen molar-refractivity contribution < 1.29 is 4.79 Å². The molecule has 4 nitrogen and oxygen atoms in total. The first kappa shape index (κ1) is 13.1. The Hall–Kier alpha value is -1.32. The van der Waals surface area contributed by atoms with Gasteiger partial charge in [-0.15, -0.1) is 0 Å². The second-order valence-corrected chi connectivity index (χ2v) is 5.16. The van der Waals surface area contributed by atoms with Crippen LogP contribution in [-0.4, -0.2) is 16.1 Å². The highest BCUT2D eigenvalue weighted by Crippen LogP contribution is 2.24. The van der Waals surface area contributed by atoms with Crippen LogP contribution >= 0.6 is 0 Å². The molecule has 0 saturated heterocycles. The van der Waals surface area contributed by atoms with Crippen LogP contribution in [0.3, 0.4) is 0 Å². The number of rotatable bonds is 3. The number of nitrogens with zero attached hydrogens (tertiary/aromatic N) is 1. The topological polar surface area (TPSA) is 57.8 Å². The van der Waals surface area contributed by atoms with Gasteiger partial charge in [-0.1, -0.05) is 39.0 Å². The van der Waals surface area contributed by atoms with Crippen molar-refractivity contribution in [2.24, 2.45) is 5.92 Å². The predicted molar refractivity (Wildman–Crippen MR) is 72.4 cm³/mol. The predicted octanol–water partition coefficient (Wildman–Crippen LogP) is 3.27. The second kappa shape index (κ2) is 6.57. The van der Waals surface area contributed by atoms with E-state index in [1.54, 1.807) is 6.20 Å². The molecule has 1 aliphatic carbocycles. The van der Waals surface area contributed by atoms with Gasteiger partial charge in [-0.25, -0.2) is 0 Å². The molecule has 1 aromatic heterocycles. The highest BCUT2D eigenvalue weighted by atomic mass is 16.1. The van der Waals surface area contributed by atoms with Crippen LogP contribution in [0, 0.1) is 5.92 Å². The molecule has 0 aliphatic heterocycles. The lowest BCUT2D eigenvalue weighted by Crippen LogP contribution is -2.24. The number of hydrogen-bond donors (Lipinski definition) is 2. The van der Waals surface area contributed by atoms with Gasteiger partial charge in [-0.3, -0.25) is 9.89 Å². The van der Waals surface area contributed by atoms with Gasteiger partial charge in [0.1, 0.15) is 5.82 Å². The molecule has 0 bridgehead atoms. The number of H-pyrrole nitrogens is 1. The van der Waals surface area contributed by atoms with Crippen LogP contribution in [0.4, 0.5) is 5.82 Å². The molecule has 1 saturated carbocycles. The summed E-state index contributed by atoms with van der Waals surface area (Å²) in [6.45, 7) is 2.07. The summed E-state index contributed by atoms with van der Waals surface area (Å²) in [5.41, 5.74) is 1.08.